The number of para-hydroxylation sites is 2. The maximum absolute atomic E-state index is 12.7. The SMILES string of the molecule is O=C(c1cc2ccccc2[nH]1)N1CCc2ccccc21. The smallest absolute Gasteiger partial charge is 0.274 e. The van der Waals surface area contributed by atoms with E-state index in [0.717, 1.165) is 29.6 Å². The molecule has 0 aliphatic carbocycles. The lowest BCUT2D eigenvalue weighted by atomic mass is 10.2. The number of aromatic nitrogens is 1. The summed E-state index contributed by atoms with van der Waals surface area (Å²) in [6.45, 7) is 0.757. The van der Waals surface area contributed by atoms with E-state index in [9.17, 15) is 4.79 Å². The Bertz CT molecular complexity index is 770. The van der Waals surface area contributed by atoms with Crippen LogP contribution in [-0.2, 0) is 6.42 Å². The molecule has 0 saturated heterocycles. The Morgan fingerprint density at radius 3 is 2.75 bits per heavy atom. The van der Waals surface area contributed by atoms with Gasteiger partial charge in [0, 0.05) is 23.1 Å². The number of nitrogens with zero attached hydrogens (tertiary/aromatic N) is 1. The van der Waals surface area contributed by atoms with Gasteiger partial charge in [-0.1, -0.05) is 36.4 Å². The molecule has 0 fully saturated rings. The lowest BCUT2D eigenvalue weighted by Crippen LogP contribution is -2.29. The largest absolute Gasteiger partial charge is 0.351 e. The van der Waals surface area contributed by atoms with Crippen molar-refractivity contribution in [3.63, 3.8) is 0 Å². The Kier molecular flexibility index (Phi) is 2.39. The van der Waals surface area contributed by atoms with E-state index in [1.54, 1.807) is 0 Å². The summed E-state index contributed by atoms with van der Waals surface area (Å²) in [5.41, 5.74) is 3.94. The molecule has 0 spiro atoms. The second kappa shape index (κ2) is 4.23. The quantitative estimate of drug-likeness (QED) is 0.717. The van der Waals surface area contributed by atoms with Crippen LogP contribution in [0.15, 0.2) is 54.6 Å². The van der Waals surface area contributed by atoms with Gasteiger partial charge < -0.3 is 9.88 Å². The number of hydrogen-bond acceptors (Lipinski definition) is 1. The van der Waals surface area contributed by atoms with Crippen molar-refractivity contribution in [1.29, 1.82) is 0 Å². The summed E-state index contributed by atoms with van der Waals surface area (Å²) in [4.78, 5) is 17.7. The van der Waals surface area contributed by atoms with Crippen LogP contribution in [0.25, 0.3) is 10.9 Å². The number of fused-ring (bicyclic) bond motifs is 2. The van der Waals surface area contributed by atoms with Gasteiger partial charge in [0.25, 0.3) is 5.91 Å². The van der Waals surface area contributed by atoms with E-state index >= 15 is 0 Å². The molecule has 3 heteroatoms. The molecule has 20 heavy (non-hydrogen) atoms. The molecule has 2 heterocycles. The number of rotatable bonds is 1. The molecule has 0 bridgehead atoms. The third-order valence-electron chi connectivity index (χ3n) is 3.89. The Balaban J connectivity index is 1.74. The number of nitrogens with one attached hydrogen (secondary N) is 1. The normalized spacial score (nSPS) is 13.7. The van der Waals surface area contributed by atoms with Crippen LogP contribution >= 0.6 is 0 Å². The molecule has 1 aromatic heterocycles. The highest BCUT2D eigenvalue weighted by Gasteiger charge is 2.25. The minimum atomic E-state index is 0.0474. The maximum atomic E-state index is 12.7. The molecule has 1 aliphatic rings. The average molecular weight is 262 g/mol. The highest BCUT2D eigenvalue weighted by molar-refractivity contribution is 6.08. The molecule has 0 atom stereocenters. The highest BCUT2D eigenvalue weighted by atomic mass is 16.2. The number of anilines is 1. The number of H-pyrrole nitrogens is 1. The Morgan fingerprint density at radius 2 is 1.85 bits per heavy atom. The molecular formula is C17H14N2O. The van der Waals surface area contributed by atoms with Gasteiger partial charge in [0.05, 0.1) is 0 Å². The molecule has 3 aromatic rings. The number of carbonyl (C=O) groups excluding carboxylic acids is 1. The molecule has 4 rings (SSSR count). The van der Waals surface area contributed by atoms with Crippen LogP contribution in [0.4, 0.5) is 5.69 Å². The number of benzene rings is 2. The summed E-state index contributed by atoms with van der Waals surface area (Å²) in [5, 5.41) is 1.07. The van der Waals surface area contributed by atoms with Crippen molar-refractivity contribution in [3.8, 4) is 0 Å². The van der Waals surface area contributed by atoms with Crippen molar-refractivity contribution in [3.05, 3.63) is 65.9 Å². The molecule has 0 radical (unpaired) electrons. The lowest BCUT2D eigenvalue weighted by Gasteiger charge is -2.16. The van der Waals surface area contributed by atoms with E-state index in [1.807, 2.05) is 53.4 Å². The zero-order chi connectivity index (χ0) is 13.5. The van der Waals surface area contributed by atoms with Crippen molar-refractivity contribution in [2.45, 2.75) is 6.42 Å². The highest BCUT2D eigenvalue weighted by Crippen LogP contribution is 2.29. The molecule has 98 valence electrons. The molecule has 2 aromatic carbocycles. The van der Waals surface area contributed by atoms with Gasteiger partial charge in [-0.3, -0.25) is 4.79 Å². The molecule has 1 amide bonds. The molecule has 1 aliphatic heterocycles. The predicted octanol–water partition coefficient (Wildman–Crippen LogP) is 3.37. The van der Waals surface area contributed by atoms with E-state index in [0.29, 0.717) is 5.69 Å². The van der Waals surface area contributed by atoms with Crippen LogP contribution < -0.4 is 4.90 Å². The number of carbonyl (C=O) groups is 1. The van der Waals surface area contributed by atoms with Crippen LogP contribution in [0, 0.1) is 0 Å². The Labute approximate surface area is 116 Å². The summed E-state index contributed by atoms with van der Waals surface area (Å²) in [6, 6.07) is 18.0. The fourth-order valence-corrected chi connectivity index (χ4v) is 2.88. The molecule has 0 unspecified atom stereocenters. The van der Waals surface area contributed by atoms with Crippen LogP contribution in [0.5, 0.6) is 0 Å². The third-order valence-corrected chi connectivity index (χ3v) is 3.89. The van der Waals surface area contributed by atoms with Crippen LogP contribution in [0.2, 0.25) is 0 Å². The van der Waals surface area contributed by atoms with Crippen LogP contribution in [-0.4, -0.2) is 17.4 Å². The van der Waals surface area contributed by atoms with Gasteiger partial charge in [0.1, 0.15) is 5.69 Å². The van der Waals surface area contributed by atoms with E-state index < -0.39 is 0 Å². The fraction of sp³-hybridized carbons (Fsp3) is 0.118. The van der Waals surface area contributed by atoms with Crippen molar-refractivity contribution in [2.24, 2.45) is 0 Å². The second-order valence-electron chi connectivity index (χ2n) is 5.11. The molecular weight excluding hydrogens is 248 g/mol. The topological polar surface area (TPSA) is 36.1 Å². The van der Waals surface area contributed by atoms with Crippen molar-refractivity contribution in [2.75, 3.05) is 11.4 Å². The van der Waals surface area contributed by atoms with Crippen molar-refractivity contribution >= 4 is 22.5 Å². The molecule has 0 saturated carbocycles. The summed E-state index contributed by atoms with van der Waals surface area (Å²) < 4.78 is 0. The first-order valence-corrected chi connectivity index (χ1v) is 6.80. The second-order valence-corrected chi connectivity index (χ2v) is 5.11. The number of amides is 1. The van der Waals surface area contributed by atoms with Gasteiger partial charge in [-0.25, -0.2) is 0 Å². The van der Waals surface area contributed by atoms with E-state index in [2.05, 4.69) is 11.1 Å². The monoisotopic (exact) mass is 262 g/mol. The van der Waals surface area contributed by atoms with Crippen LogP contribution in [0.1, 0.15) is 16.1 Å². The molecule has 1 N–H and O–H groups in total. The fourth-order valence-electron chi connectivity index (χ4n) is 2.88. The van der Waals surface area contributed by atoms with Gasteiger partial charge in [-0.15, -0.1) is 0 Å². The lowest BCUT2D eigenvalue weighted by molar-refractivity contribution is 0.0985. The summed E-state index contributed by atoms with van der Waals surface area (Å²) >= 11 is 0. The third kappa shape index (κ3) is 1.63. The predicted molar refractivity (Wildman–Crippen MR) is 80.1 cm³/mol. The molecule has 3 nitrogen and oxygen atoms in total. The minimum Gasteiger partial charge on any atom is -0.351 e. The average Bonchev–Trinajstić information content (AvgIpc) is 3.10. The summed E-state index contributed by atoms with van der Waals surface area (Å²) in [7, 11) is 0. The van der Waals surface area contributed by atoms with Crippen molar-refractivity contribution in [1.82, 2.24) is 4.98 Å². The summed E-state index contributed by atoms with van der Waals surface area (Å²) in [6.07, 6.45) is 0.933. The van der Waals surface area contributed by atoms with Crippen molar-refractivity contribution < 1.29 is 4.79 Å². The Hall–Kier alpha value is -2.55. The number of hydrogen-bond donors (Lipinski definition) is 1. The van der Waals surface area contributed by atoms with E-state index in [4.69, 9.17) is 0 Å². The van der Waals surface area contributed by atoms with Gasteiger partial charge in [0.15, 0.2) is 0 Å². The maximum Gasteiger partial charge on any atom is 0.274 e. The van der Waals surface area contributed by atoms with Gasteiger partial charge in [0.2, 0.25) is 0 Å². The Morgan fingerprint density at radius 1 is 1.05 bits per heavy atom. The van der Waals surface area contributed by atoms with Crippen LogP contribution in [0.3, 0.4) is 0 Å². The minimum absolute atomic E-state index is 0.0474. The van der Waals surface area contributed by atoms with Gasteiger partial charge in [-0.05, 0) is 30.2 Å². The first kappa shape index (κ1) is 11.3. The van der Waals surface area contributed by atoms with Gasteiger partial charge >= 0.3 is 0 Å². The first-order chi connectivity index (χ1) is 9.83. The zero-order valence-electron chi connectivity index (χ0n) is 11.0. The van der Waals surface area contributed by atoms with E-state index in [-0.39, 0.29) is 5.91 Å². The number of aromatic amines is 1. The summed E-state index contributed by atoms with van der Waals surface area (Å²) in [5.74, 6) is 0.0474. The van der Waals surface area contributed by atoms with E-state index in [1.165, 1.54) is 5.56 Å². The van der Waals surface area contributed by atoms with Gasteiger partial charge in [-0.2, -0.15) is 0 Å². The standard InChI is InChI=1S/C17H14N2O/c20-17(15-11-13-6-1-3-7-14(13)18-15)19-10-9-12-5-2-4-8-16(12)19/h1-8,11,18H,9-10H2. The first-order valence-electron chi connectivity index (χ1n) is 6.80. The zero-order valence-corrected chi connectivity index (χ0v) is 11.0.